The van der Waals surface area contributed by atoms with E-state index >= 15 is 0 Å². The molecule has 36 heavy (non-hydrogen) atoms. The number of nitrogens with one attached hydrogen (secondary N) is 1. The maximum absolute atomic E-state index is 13.0. The Hall–Kier alpha value is -2.45. The molecule has 1 N–H and O–H groups in total. The highest BCUT2D eigenvalue weighted by atomic mass is 16.5. The van der Waals surface area contributed by atoms with Crippen molar-refractivity contribution in [3.8, 4) is 5.75 Å². The molecule has 1 aliphatic carbocycles. The third kappa shape index (κ3) is 4.54. The van der Waals surface area contributed by atoms with Gasteiger partial charge >= 0.3 is 0 Å². The van der Waals surface area contributed by atoms with Crippen molar-refractivity contribution in [2.24, 2.45) is 11.8 Å². The van der Waals surface area contributed by atoms with Gasteiger partial charge < -0.3 is 14.5 Å². The fourth-order valence-electron chi connectivity index (χ4n) is 7.14. The molecule has 194 valence electrons. The van der Waals surface area contributed by atoms with Crippen LogP contribution in [0.1, 0.15) is 67.3 Å². The normalized spacial score (nSPS) is 32.2. The molecular formula is C28H38N4O4. The van der Waals surface area contributed by atoms with Gasteiger partial charge in [0.1, 0.15) is 17.9 Å². The number of piperidine rings is 2. The van der Waals surface area contributed by atoms with Crippen LogP contribution in [0.3, 0.4) is 0 Å². The summed E-state index contributed by atoms with van der Waals surface area (Å²) in [5, 5.41) is 2.37. The summed E-state index contributed by atoms with van der Waals surface area (Å²) in [6, 6.07) is 5.62. The van der Waals surface area contributed by atoms with Crippen LogP contribution in [0.2, 0.25) is 0 Å². The van der Waals surface area contributed by atoms with Gasteiger partial charge in [-0.2, -0.15) is 0 Å². The monoisotopic (exact) mass is 494 g/mol. The first-order valence-electron chi connectivity index (χ1n) is 13.8. The lowest BCUT2D eigenvalue weighted by molar-refractivity contribution is -0.136. The highest BCUT2D eigenvalue weighted by Gasteiger charge is 2.43. The molecule has 5 aliphatic rings. The summed E-state index contributed by atoms with van der Waals surface area (Å²) in [5.74, 6) is 1.69. The van der Waals surface area contributed by atoms with E-state index in [1.54, 1.807) is 4.90 Å². The van der Waals surface area contributed by atoms with Gasteiger partial charge in [-0.25, -0.2) is 0 Å². The van der Waals surface area contributed by atoms with E-state index in [2.05, 4.69) is 22.2 Å². The van der Waals surface area contributed by atoms with Crippen molar-refractivity contribution < 1.29 is 19.1 Å². The summed E-state index contributed by atoms with van der Waals surface area (Å²) >= 11 is 0. The summed E-state index contributed by atoms with van der Waals surface area (Å²) in [5.41, 5.74) is 1.54. The first-order valence-corrected chi connectivity index (χ1v) is 13.8. The van der Waals surface area contributed by atoms with Crippen LogP contribution < -0.4 is 10.1 Å². The highest BCUT2D eigenvalue weighted by Crippen LogP contribution is 2.37. The van der Waals surface area contributed by atoms with Crippen LogP contribution >= 0.6 is 0 Å². The van der Waals surface area contributed by atoms with Gasteiger partial charge in [0.15, 0.2) is 0 Å². The van der Waals surface area contributed by atoms with E-state index in [0.29, 0.717) is 24.6 Å². The number of benzene rings is 1. The number of amides is 3. The Kier molecular flexibility index (Phi) is 6.50. The van der Waals surface area contributed by atoms with Gasteiger partial charge in [0, 0.05) is 44.2 Å². The van der Waals surface area contributed by atoms with E-state index in [0.717, 1.165) is 29.6 Å². The molecule has 0 aromatic heterocycles. The number of carbonyl (C=O) groups excluding carboxylic acids is 3. The van der Waals surface area contributed by atoms with Crippen LogP contribution in [0.25, 0.3) is 0 Å². The molecular weight excluding hydrogens is 456 g/mol. The number of ether oxygens (including phenoxy) is 1. The maximum Gasteiger partial charge on any atom is 0.255 e. The Morgan fingerprint density at radius 2 is 1.78 bits per heavy atom. The number of hydrogen-bond acceptors (Lipinski definition) is 6. The van der Waals surface area contributed by atoms with Crippen molar-refractivity contribution in [1.29, 1.82) is 0 Å². The smallest absolute Gasteiger partial charge is 0.255 e. The second-order valence-corrected chi connectivity index (χ2v) is 11.6. The number of imide groups is 1. The molecule has 8 nitrogen and oxygen atoms in total. The number of fused-ring (bicyclic) bond motifs is 1. The van der Waals surface area contributed by atoms with Gasteiger partial charge in [0.2, 0.25) is 11.8 Å². The van der Waals surface area contributed by atoms with Crippen LogP contribution in [0.5, 0.6) is 5.75 Å². The number of rotatable bonds is 5. The zero-order valence-corrected chi connectivity index (χ0v) is 21.3. The quantitative estimate of drug-likeness (QED) is 0.633. The third-order valence-electron chi connectivity index (χ3n) is 9.18. The molecule has 3 saturated heterocycles. The summed E-state index contributed by atoms with van der Waals surface area (Å²) < 4.78 is 6.60. The standard InChI is InChI=1S/C28H38N4O4/c1-30-12-4-5-18(14-30)20-15-31(16-20)23-6-2-3-7-25(23)36-21-8-9-22-19(13-21)17-32(28(22)35)24-10-11-26(33)29-27(24)34/h8-9,13,18,20,23-25H,2-7,10-12,14-17H2,1H3,(H,29,33,34)/t18?,23-,24?,25-/m1/s1. The Bertz CT molecular complexity index is 1040. The molecule has 0 bridgehead atoms. The molecule has 1 aromatic rings. The molecule has 0 spiro atoms. The highest BCUT2D eigenvalue weighted by molar-refractivity contribution is 6.05. The minimum atomic E-state index is -0.585. The topological polar surface area (TPSA) is 82.2 Å². The lowest BCUT2D eigenvalue weighted by Crippen LogP contribution is -2.60. The Labute approximate surface area is 213 Å². The van der Waals surface area contributed by atoms with Gasteiger partial charge in [0.25, 0.3) is 5.91 Å². The third-order valence-corrected chi connectivity index (χ3v) is 9.18. The zero-order valence-electron chi connectivity index (χ0n) is 21.3. The molecule has 1 saturated carbocycles. The van der Waals surface area contributed by atoms with Crippen LogP contribution in [0.15, 0.2) is 18.2 Å². The summed E-state index contributed by atoms with van der Waals surface area (Å²) in [6.07, 6.45) is 8.23. The number of likely N-dealkylation sites (tertiary alicyclic amines) is 2. The van der Waals surface area contributed by atoms with Gasteiger partial charge in [-0.05, 0) is 87.7 Å². The van der Waals surface area contributed by atoms with Gasteiger partial charge in [-0.15, -0.1) is 0 Å². The average molecular weight is 495 g/mol. The van der Waals surface area contributed by atoms with E-state index in [9.17, 15) is 14.4 Å². The first-order chi connectivity index (χ1) is 17.5. The summed E-state index contributed by atoms with van der Waals surface area (Å²) in [4.78, 5) is 43.6. The summed E-state index contributed by atoms with van der Waals surface area (Å²) in [6.45, 7) is 5.26. The van der Waals surface area contributed by atoms with Crippen molar-refractivity contribution in [3.05, 3.63) is 29.3 Å². The average Bonchev–Trinajstić information content (AvgIpc) is 3.15. The fraction of sp³-hybridized carbons (Fsp3) is 0.679. The molecule has 1 aromatic carbocycles. The largest absolute Gasteiger partial charge is 0.489 e. The number of nitrogens with zero attached hydrogens (tertiary/aromatic N) is 3. The minimum Gasteiger partial charge on any atom is -0.489 e. The second kappa shape index (κ2) is 9.78. The van der Waals surface area contributed by atoms with Crippen molar-refractivity contribution in [3.63, 3.8) is 0 Å². The van der Waals surface area contributed by atoms with Gasteiger partial charge in [-0.3, -0.25) is 24.6 Å². The zero-order chi connectivity index (χ0) is 24.8. The fourth-order valence-corrected chi connectivity index (χ4v) is 7.14. The Balaban J connectivity index is 1.09. The van der Waals surface area contributed by atoms with E-state index in [1.807, 2.05) is 18.2 Å². The van der Waals surface area contributed by atoms with Gasteiger partial charge in [-0.1, -0.05) is 6.42 Å². The van der Waals surface area contributed by atoms with E-state index in [4.69, 9.17) is 4.74 Å². The second-order valence-electron chi connectivity index (χ2n) is 11.6. The van der Waals surface area contributed by atoms with E-state index in [1.165, 1.54) is 58.3 Å². The molecule has 2 unspecified atom stereocenters. The van der Waals surface area contributed by atoms with Crippen molar-refractivity contribution in [2.45, 2.75) is 76.1 Å². The molecule has 0 radical (unpaired) electrons. The lowest BCUT2D eigenvalue weighted by Gasteiger charge is -2.51. The van der Waals surface area contributed by atoms with E-state index < -0.39 is 6.04 Å². The van der Waals surface area contributed by atoms with Crippen molar-refractivity contribution in [2.75, 3.05) is 33.2 Å². The van der Waals surface area contributed by atoms with E-state index in [-0.39, 0.29) is 30.2 Å². The number of carbonyl (C=O) groups is 3. The molecule has 4 fully saturated rings. The molecule has 3 amide bonds. The van der Waals surface area contributed by atoms with Crippen molar-refractivity contribution >= 4 is 17.7 Å². The van der Waals surface area contributed by atoms with Crippen LogP contribution in [-0.2, 0) is 16.1 Å². The molecule has 4 atom stereocenters. The number of hydrogen-bond donors (Lipinski definition) is 1. The predicted molar refractivity (Wildman–Crippen MR) is 134 cm³/mol. The lowest BCUT2D eigenvalue weighted by atomic mass is 9.78. The van der Waals surface area contributed by atoms with Crippen LogP contribution in [-0.4, -0.2) is 83.8 Å². The van der Waals surface area contributed by atoms with Crippen LogP contribution in [0.4, 0.5) is 0 Å². The molecule has 4 aliphatic heterocycles. The Morgan fingerprint density at radius 3 is 2.58 bits per heavy atom. The maximum atomic E-state index is 13.0. The first kappa shape index (κ1) is 23.9. The molecule has 8 heteroatoms. The molecule has 6 rings (SSSR count). The van der Waals surface area contributed by atoms with Gasteiger partial charge in [0.05, 0.1) is 0 Å². The minimum absolute atomic E-state index is 0.137. The summed E-state index contributed by atoms with van der Waals surface area (Å²) in [7, 11) is 2.25. The SMILES string of the molecule is CN1CCCC(C2CN([C@@H]3CCCC[C@H]3Oc3ccc4c(c3)CN(C3CCC(=O)NC3=O)C4=O)C2)C1. The van der Waals surface area contributed by atoms with Crippen LogP contribution in [0, 0.1) is 11.8 Å². The predicted octanol–water partition coefficient (Wildman–Crippen LogP) is 2.41. The Morgan fingerprint density at radius 1 is 0.944 bits per heavy atom. The van der Waals surface area contributed by atoms with Crippen molar-refractivity contribution in [1.82, 2.24) is 20.0 Å². The molecule has 4 heterocycles.